The average molecular weight is 367 g/mol. The van der Waals surface area contributed by atoms with E-state index in [-0.39, 0.29) is 28.5 Å². The number of nitrogens with zero attached hydrogens (tertiary/aromatic N) is 1. The highest BCUT2D eigenvalue weighted by atomic mass is 28.4. The maximum atomic E-state index is 12.1. The number of aromatic amines is 1. The third-order valence-electron chi connectivity index (χ3n) is 6.24. The first-order chi connectivity index (χ1) is 11.5. The molecule has 3 rings (SSSR count). The summed E-state index contributed by atoms with van der Waals surface area (Å²) in [6, 6.07) is 1.37. The van der Waals surface area contributed by atoms with E-state index >= 15 is 0 Å². The predicted molar refractivity (Wildman–Crippen MR) is 99.3 cm³/mol. The second-order valence-electron chi connectivity index (χ2n) is 8.95. The molecule has 1 saturated heterocycles. The molecular weight excluding hydrogens is 336 g/mol. The topological polar surface area (TPSA) is 73.3 Å². The van der Waals surface area contributed by atoms with Crippen LogP contribution in [0.25, 0.3) is 0 Å². The van der Waals surface area contributed by atoms with Gasteiger partial charge in [-0.3, -0.25) is 14.3 Å². The highest BCUT2D eigenvalue weighted by Gasteiger charge is 2.53. The lowest BCUT2D eigenvalue weighted by molar-refractivity contribution is -0.117. The summed E-state index contributed by atoms with van der Waals surface area (Å²) >= 11 is 0. The van der Waals surface area contributed by atoms with Gasteiger partial charge in [-0.15, -0.1) is 0 Å². The molecule has 0 unspecified atom stereocenters. The van der Waals surface area contributed by atoms with E-state index in [9.17, 15) is 9.59 Å². The third-order valence-corrected chi connectivity index (χ3v) is 10.7. The third kappa shape index (κ3) is 3.41. The van der Waals surface area contributed by atoms with E-state index in [0.29, 0.717) is 0 Å². The van der Waals surface area contributed by atoms with E-state index < -0.39 is 14.0 Å². The monoisotopic (exact) mass is 366 g/mol. The van der Waals surface area contributed by atoms with Crippen LogP contribution in [0, 0.1) is 0 Å². The largest absolute Gasteiger partial charge is 0.411 e. The molecule has 0 amide bonds. The van der Waals surface area contributed by atoms with Crippen molar-refractivity contribution in [1.29, 1.82) is 0 Å². The smallest absolute Gasteiger partial charge is 0.330 e. The number of H-pyrrole nitrogens is 1. The van der Waals surface area contributed by atoms with Crippen molar-refractivity contribution in [3.05, 3.63) is 33.1 Å². The molecule has 1 aliphatic heterocycles. The molecule has 2 heterocycles. The minimum atomic E-state index is -1.88. The van der Waals surface area contributed by atoms with Crippen LogP contribution in [0.5, 0.6) is 0 Å². The average Bonchev–Trinajstić information content (AvgIpc) is 3.06. The Kier molecular flexibility index (Phi) is 4.62. The van der Waals surface area contributed by atoms with Gasteiger partial charge in [0.15, 0.2) is 8.32 Å². The zero-order chi connectivity index (χ0) is 18.5. The molecule has 0 bridgehead atoms. The van der Waals surface area contributed by atoms with E-state index in [2.05, 4.69) is 38.8 Å². The number of rotatable bonds is 3. The predicted octanol–water partition coefficient (Wildman–Crippen LogP) is 3.16. The van der Waals surface area contributed by atoms with Crippen molar-refractivity contribution in [1.82, 2.24) is 9.55 Å². The van der Waals surface area contributed by atoms with Crippen molar-refractivity contribution < 1.29 is 9.16 Å². The molecule has 1 N–H and O–H groups in total. The molecule has 140 valence electrons. The molecule has 6 nitrogen and oxygen atoms in total. The Hall–Kier alpha value is -1.18. The fraction of sp³-hybridized carbons (Fsp3) is 0.778. The number of hydrogen-bond donors (Lipinski definition) is 1. The lowest BCUT2D eigenvalue weighted by atomic mass is 9.96. The van der Waals surface area contributed by atoms with Gasteiger partial charge in [-0.2, -0.15) is 0 Å². The minimum absolute atomic E-state index is 0.0943. The van der Waals surface area contributed by atoms with E-state index in [4.69, 9.17) is 9.16 Å². The molecule has 1 saturated carbocycles. The summed E-state index contributed by atoms with van der Waals surface area (Å²) < 4.78 is 14.6. The normalized spacial score (nSPS) is 30.3. The van der Waals surface area contributed by atoms with Gasteiger partial charge in [0.05, 0.1) is 11.7 Å². The Balaban J connectivity index is 1.80. The Morgan fingerprint density at radius 2 is 2.00 bits per heavy atom. The Morgan fingerprint density at radius 1 is 1.28 bits per heavy atom. The summed E-state index contributed by atoms with van der Waals surface area (Å²) in [6.45, 7) is 11.3. The van der Waals surface area contributed by atoms with E-state index in [0.717, 1.165) is 32.1 Å². The molecule has 0 aromatic carbocycles. The van der Waals surface area contributed by atoms with Gasteiger partial charge in [-0.1, -0.05) is 20.8 Å². The standard InChI is InChI=1S/C18H30N2O4Si/c1-17(2,3)25(4,5)24-13-7-6-10-18(13)11-8-15(23-18)20-12-9-14(21)19-16(20)22/h9,12-13,15H,6-8,10-11H2,1-5H3,(H,19,21,22)/t13-,15-,18+/m1/s1. The van der Waals surface area contributed by atoms with Gasteiger partial charge in [-0.25, -0.2) is 4.79 Å². The van der Waals surface area contributed by atoms with Crippen molar-refractivity contribution in [3.8, 4) is 0 Å². The van der Waals surface area contributed by atoms with Gasteiger partial charge in [-0.05, 0) is 50.2 Å². The van der Waals surface area contributed by atoms with Crippen LogP contribution >= 0.6 is 0 Å². The van der Waals surface area contributed by atoms with E-state index in [1.54, 1.807) is 0 Å². The molecule has 1 aromatic heterocycles. The first-order valence-electron chi connectivity index (χ1n) is 9.21. The van der Waals surface area contributed by atoms with Gasteiger partial charge >= 0.3 is 5.69 Å². The fourth-order valence-electron chi connectivity index (χ4n) is 3.74. The molecule has 2 aliphatic rings. The van der Waals surface area contributed by atoms with Crippen molar-refractivity contribution in [2.24, 2.45) is 0 Å². The maximum absolute atomic E-state index is 12.1. The maximum Gasteiger partial charge on any atom is 0.330 e. The van der Waals surface area contributed by atoms with Crippen LogP contribution in [-0.4, -0.2) is 29.6 Å². The van der Waals surface area contributed by atoms with Crippen molar-refractivity contribution in [2.75, 3.05) is 0 Å². The van der Waals surface area contributed by atoms with Crippen LogP contribution in [0.1, 0.15) is 59.1 Å². The van der Waals surface area contributed by atoms with Crippen LogP contribution < -0.4 is 11.2 Å². The van der Waals surface area contributed by atoms with E-state index in [1.807, 2.05) is 0 Å². The van der Waals surface area contributed by atoms with Crippen molar-refractivity contribution >= 4 is 8.32 Å². The molecule has 2 fully saturated rings. The highest BCUT2D eigenvalue weighted by molar-refractivity contribution is 6.74. The van der Waals surface area contributed by atoms with Crippen molar-refractivity contribution in [3.63, 3.8) is 0 Å². The van der Waals surface area contributed by atoms with Crippen LogP contribution in [0.4, 0.5) is 0 Å². The van der Waals surface area contributed by atoms with Gasteiger partial charge < -0.3 is 9.16 Å². The Morgan fingerprint density at radius 3 is 2.64 bits per heavy atom. The molecule has 25 heavy (non-hydrogen) atoms. The van der Waals surface area contributed by atoms with Crippen LogP contribution in [0.3, 0.4) is 0 Å². The lowest BCUT2D eigenvalue weighted by Crippen LogP contribution is -2.50. The van der Waals surface area contributed by atoms with Crippen LogP contribution in [0.2, 0.25) is 18.1 Å². The summed E-state index contributed by atoms with van der Waals surface area (Å²) in [5, 5.41) is 0.157. The number of hydrogen-bond acceptors (Lipinski definition) is 4. The summed E-state index contributed by atoms with van der Waals surface area (Å²) in [6.07, 6.45) is 6.03. The van der Waals surface area contributed by atoms with Gasteiger partial charge in [0.25, 0.3) is 5.56 Å². The first kappa shape index (κ1) is 18.6. The molecule has 3 atom stereocenters. The van der Waals surface area contributed by atoms with Crippen LogP contribution in [-0.2, 0) is 9.16 Å². The fourth-order valence-corrected chi connectivity index (χ4v) is 5.13. The number of ether oxygens (including phenoxy) is 1. The Labute approximate surface area is 149 Å². The second kappa shape index (κ2) is 6.21. The lowest BCUT2D eigenvalue weighted by Gasteiger charge is -2.42. The quantitative estimate of drug-likeness (QED) is 0.834. The van der Waals surface area contributed by atoms with Gasteiger partial charge in [0.1, 0.15) is 6.23 Å². The van der Waals surface area contributed by atoms with Gasteiger partial charge in [0, 0.05) is 12.3 Å². The highest BCUT2D eigenvalue weighted by Crippen LogP contribution is 2.50. The summed E-state index contributed by atoms with van der Waals surface area (Å²) in [5.41, 5.74) is -1.08. The second-order valence-corrected chi connectivity index (χ2v) is 13.7. The first-order valence-corrected chi connectivity index (χ1v) is 12.1. The molecule has 1 spiro atoms. The van der Waals surface area contributed by atoms with Gasteiger partial charge in [0.2, 0.25) is 0 Å². The SMILES string of the molecule is CC(C)(C)[Si](C)(C)O[C@@H]1CCC[C@]12CC[C@H](n1ccc(=O)[nH]c1=O)O2. The molecule has 1 aliphatic carbocycles. The van der Waals surface area contributed by atoms with E-state index in [1.165, 1.54) is 16.8 Å². The minimum Gasteiger partial charge on any atom is -0.411 e. The van der Waals surface area contributed by atoms with Crippen molar-refractivity contribution in [2.45, 2.75) is 88.9 Å². The molecule has 7 heteroatoms. The summed E-state index contributed by atoms with van der Waals surface area (Å²) in [4.78, 5) is 25.7. The zero-order valence-electron chi connectivity index (χ0n) is 15.9. The summed E-state index contributed by atoms with van der Waals surface area (Å²) in [7, 11) is -1.88. The van der Waals surface area contributed by atoms with Crippen LogP contribution in [0.15, 0.2) is 21.9 Å². The molecule has 1 aromatic rings. The molecule has 0 radical (unpaired) electrons. The number of nitrogens with one attached hydrogen (secondary N) is 1. The zero-order valence-corrected chi connectivity index (χ0v) is 16.9. The number of aromatic nitrogens is 2. The molecular formula is C18H30N2O4Si. The Bertz CT molecular complexity index is 748. The summed E-state index contributed by atoms with van der Waals surface area (Å²) in [5.74, 6) is 0.